The Balaban J connectivity index is 1.46. The highest BCUT2D eigenvalue weighted by atomic mass is 16.5. The predicted molar refractivity (Wildman–Crippen MR) is 103 cm³/mol. The van der Waals surface area contributed by atoms with Gasteiger partial charge >= 0.3 is 0 Å². The Bertz CT molecular complexity index is 969. The molecule has 7 nitrogen and oxygen atoms in total. The van der Waals surface area contributed by atoms with Crippen molar-refractivity contribution in [3.8, 4) is 17.1 Å². The number of pyridine rings is 1. The fraction of sp³-hybridized carbons (Fsp3) is 0.333. The number of aromatic nitrogens is 3. The number of nitrogens with zero attached hydrogens (tertiary/aromatic N) is 3. The molecule has 1 N–H and O–H groups in total. The standard InChI is InChI=1S/C21H22N4O3/c1-13(2)19(21-24-20(25-28-21)15-5-8-22-9-6-15)23-18(26)12-14-3-4-17-16(11-14)7-10-27-17/h3-6,8-9,11,13,19H,7,10,12H2,1-2H3,(H,23,26). The van der Waals surface area contributed by atoms with Crippen LogP contribution in [-0.2, 0) is 17.6 Å². The summed E-state index contributed by atoms with van der Waals surface area (Å²) in [5.74, 6) is 1.82. The zero-order chi connectivity index (χ0) is 19.5. The monoisotopic (exact) mass is 378 g/mol. The highest BCUT2D eigenvalue weighted by Crippen LogP contribution is 2.27. The lowest BCUT2D eigenvalue weighted by Crippen LogP contribution is -2.33. The summed E-state index contributed by atoms with van der Waals surface area (Å²) in [6, 6.07) is 9.19. The van der Waals surface area contributed by atoms with Gasteiger partial charge in [0.25, 0.3) is 0 Å². The molecule has 4 rings (SSSR count). The summed E-state index contributed by atoms with van der Waals surface area (Å²) in [5, 5.41) is 7.08. The molecule has 1 aliphatic heterocycles. The first-order valence-electron chi connectivity index (χ1n) is 9.38. The molecule has 2 aromatic heterocycles. The van der Waals surface area contributed by atoms with Gasteiger partial charge in [-0.3, -0.25) is 9.78 Å². The maximum atomic E-state index is 12.6. The molecule has 28 heavy (non-hydrogen) atoms. The number of amides is 1. The van der Waals surface area contributed by atoms with Gasteiger partial charge in [0, 0.05) is 24.4 Å². The Hall–Kier alpha value is -3.22. The van der Waals surface area contributed by atoms with E-state index in [2.05, 4.69) is 20.4 Å². The van der Waals surface area contributed by atoms with Gasteiger partial charge in [-0.1, -0.05) is 31.1 Å². The van der Waals surface area contributed by atoms with E-state index >= 15 is 0 Å². The zero-order valence-electron chi connectivity index (χ0n) is 15.9. The van der Waals surface area contributed by atoms with Crippen LogP contribution in [-0.4, -0.2) is 27.6 Å². The van der Waals surface area contributed by atoms with Crippen molar-refractivity contribution in [1.82, 2.24) is 20.4 Å². The predicted octanol–water partition coefficient (Wildman–Crippen LogP) is 3.12. The fourth-order valence-corrected chi connectivity index (χ4v) is 3.25. The summed E-state index contributed by atoms with van der Waals surface area (Å²) in [6.45, 7) is 4.72. The third-order valence-electron chi connectivity index (χ3n) is 4.75. The van der Waals surface area contributed by atoms with Crippen molar-refractivity contribution in [3.63, 3.8) is 0 Å². The molecular formula is C21H22N4O3. The van der Waals surface area contributed by atoms with Gasteiger partial charge in [0.2, 0.25) is 17.6 Å². The number of hydrogen-bond donors (Lipinski definition) is 1. The highest BCUT2D eigenvalue weighted by Gasteiger charge is 2.25. The Kier molecular flexibility index (Phi) is 5.06. The molecule has 3 heterocycles. The molecule has 0 radical (unpaired) electrons. The first-order chi connectivity index (χ1) is 13.6. The minimum atomic E-state index is -0.353. The lowest BCUT2D eigenvalue weighted by Gasteiger charge is -2.18. The summed E-state index contributed by atoms with van der Waals surface area (Å²) in [5.41, 5.74) is 2.94. The first kappa shape index (κ1) is 18.2. The van der Waals surface area contributed by atoms with Crippen LogP contribution in [0.1, 0.15) is 36.9 Å². The molecule has 0 bridgehead atoms. The lowest BCUT2D eigenvalue weighted by molar-refractivity contribution is -0.121. The van der Waals surface area contributed by atoms with Crippen LogP contribution >= 0.6 is 0 Å². The summed E-state index contributed by atoms with van der Waals surface area (Å²) in [7, 11) is 0. The van der Waals surface area contributed by atoms with Crippen molar-refractivity contribution in [1.29, 1.82) is 0 Å². The average molecular weight is 378 g/mol. The molecule has 7 heteroatoms. The first-order valence-corrected chi connectivity index (χ1v) is 9.38. The second-order valence-electron chi connectivity index (χ2n) is 7.20. The normalized spacial score (nSPS) is 13.8. The van der Waals surface area contributed by atoms with E-state index in [9.17, 15) is 4.79 Å². The number of carbonyl (C=O) groups excluding carboxylic acids is 1. The van der Waals surface area contributed by atoms with E-state index in [1.165, 1.54) is 0 Å². The molecule has 0 aliphatic carbocycles. The Morgan fingerprint density at radius 1 is 1.21 bits per heavy atom. The quantitative estimate of drug-likeness (QED) is 0.709. The van der Waals surface area contributed by atoms with Gasteiger partial charge in [0.05, 0.1) is 13.0 Å². The van der Waals surface area contributed by atoms with E-state index in [0.717, 1.165) is 28.9 Å². The lowest BCUT2D eigenvalue weighted by atomic mass is 10.0. The number of carbonyl (C=O) groups is 1. The molecule has 1 amide bonds. The minimum absolute atomic E-state index is 0.0822. The van der Waals surface area contributed by atoms with E-state index in [0.29, 0.717) is 24.7 Å². The number of fused-ring (bicyclic) bond motifs is 1. The van der Waals surface area contributed by atoms with Crippen molar-refractivity contribution in [2.45, 2.75) is 32.7 Å². The molecule has 0 spiro atoms. The van der Waals surface area contributed by atoms with Crippen molar-refractivity contribution in [2.75, 3.05) is 6.61 Å². The number of ether oxygens (including phenoxy) is 1. The van der Waals surface area contributed by atoms with Crippen LogP contribution in [0.4, 0.5) is 0 Å². The van der Waals surface area contributed by atoms with Gasteiger partial charge in [0.15, 0.2) is 0 Å². The van der Waals surface area contributed by atoms with Crippen molar-refractivity contribution < 1.29 is 14.1 Å². The molecular weight excluding hydrogens is 356 g/mol. The summed E-state index contributed by atoms with van der Waals surface area (Å²) in [6.07, 6.45) is 4.53. The number of hydrogen-bond acceptors (Lipinski definition) is 6. The Labute approximate surface area is 163 Å². The molecule has 3 aromatic rings. The summed E-state index contributed by atoms with van der Waals surface area (Å²) in [4.78, 5) is 21.1. The fourth-order valence-electron chi connectivity index (χ4n) is 3.25. The van der Waals surface area contributed by atoms with Crippen LogP contribution in [0.3, 0.4) is 0 Å². The van der Waals surface area contributed by atoms with Crippen molar-refractivity contribution in [3.05, 3.63) is 59.7 Å². The van der Waals surface area contributed by atoms with Crippen molar-refractivity contribution in [2.24, 2.45) is 5.92 Å². The van der Waals surface area contributed by atoms with E-state index in [1.807, 2.05) is 44.2 Å². The SMILES string of the molecule is CC(C)C(NC(=O)Cc1ccc2c(c1)CCO2)c1nc(-c2ccncc2)no1. The third kappa shape index (κ3) is 3.88. The zero-order valence-corrected chi connectivity index (χ0v) is 15.9. The smallest absolute Gasteiger partial charge is 0.249 e. The van der Waals surface area contributed by atoms with E-state index in [-0.39, 0.29) is 17.9 Å². The van der Waals surface area contributed by atoms with Gasteiger partial charge < -0.3 is 14.6 Å². The Morgan fingerprint density at radius 3 is 2.82 bits per heavy atom. The minimum Gasteiger partial charge on any atom is -0.493 e. The number of rotatable bonds is 6. The molecule has 0 saturated heterocycles. The molecule has 1 atom stereocenters. The summed E-state index contributed by atoms with van der Waals surface area (Å²) < 4.78 is 11.0. The van der Waals surface area contributed by atoms with Gasteiger partial charge in [-0.15, -0.1) is 0 Å². The molecule has 144 valence electrons. The molecule has 0 fully saturated rings. The van der Waals surface area contributed by atoms with E-state index in [1.54, 1.807) is 12.4 Å². The van der Waals surface area contributed by atoms with Crippen LogP contribution in [0, 0.1) is 5.92 Å². The third-order valence-corrected chi connectivity index (χ3v) is 4.75. The number of benzene rings is 1. The topological polar surface area (TPSA) is 90.1 Å². The largest absolute Gasteiger partial charge is 0.493 e. The average Bonchev–Trinajstić information content (AvgIpc) is 3.36. The molecule has 0 saturated carbocycles. The number of nitrogens with one attached hydrogen (secondary N) is 1. The van der Waals surface area contributed by atoms with E-state index in [4.69, 9.17) is 9.26 Å². The molecule has 1 aromatic carbocycles. The van der Waals surface area contributed by atoms with Crippen LogP contribution in [0.5, 0.6) is 5.75 Å². The van der Waals surface area contributed by atoms with Crippen LogP contribution in [0.15, 0.2) is 47.2 Å². The van der Waals surface area contributed by atoms with Gasteiger partial charge in [-0.25, -0.2) is 0 Å². The molecule has 1 aliphatic rings. The van der Waals surface area contributed by atoms with Crippen molar-refractivity contribution >= 4 is 5.91 Å². The second kappa shape index (κ2) is 7.80. The van der Waals surface area contributed by atoms with Crippen LogP contribution < -0.4 is 10.1 Å². The maximum Gasteiger partial charge on any atom is 0.249 e. The summed E-state index contributed by atoms with van der Waals surface area (Å²) >= 11 is 0. The Morgan fingerprint density at radius 2 is 2.04 bits per heavy atom. The van der Waals surface area contributed by atoms with Crippen LogP contribution in [0.25, 0.3) is 11.4 Å². The highest BCUT2D eigenvalue weighted by molar-refractivity contribution is 5.79. The second-order valence-corrected chi connectivity index (χ2v) is 7.20. The van der Waals surface area contributed by atoms with Gasteiger partial charge in [0.1, 0.15) is 11.8 Å². The van der Waals surface area contributed by atoms with Gasteiger partial charge in [-0.05, 0) is 35.2 Å². The van der Waals surface area contributed by atoms with Gasteiger partial charge in [-0.2, -0.15) is 4.98 Å². The molecule has 1 unspecified atom stereocenters. The van der Waals surface area contributed by atoms with E-state index < -0.39 is 0 Å². The van der Waals surface area contributed by atoms with Crippen LogP contribution in [0.2, 0.25) is 0 Å². The maximum absolute atomic E-state index is 12.6.